The lowest BCUT2D eigenvalue weighted by molar-refractivity contribution is 0.0285. The largest absolute Gasteiger partial charge is 0.383 e. The van der Waals surface area contributed by atoms with Crippen LogP contribution < -0.4 is 5.32 Å². The van der Waals surface area contributed by atoms with Gasteiger partial charge in [-0.1, -0.05) is 24.6 Å². The van der Waals surface area contributed by atoms with Crippen molar-refractivity contribution in [2.75, 3.05) is 38.0 Å². The molecule has 3 heteroatoms. The van der Waals surface area contributed by atoms with Crippen LogP contribution in [0, 0.1) is 0 Å². The van der Waals surface area contributed by atoms with Crippen LogP contribution in [-0.2, 0) is 6.42 Å². The van der Waals surface area contributed by atoms with Gasteiger partial charge in [-0.25, -0.2) is 0 Å². The van der Waals surface area contributed by atoms with Crippen molar-refractivity contribution < 1.29 is 0 Å². The highest BCUT2D eigenvalue weighted by Crippen LogP contribution is 2.26. The van der Waals surface area contributed by atoms with Gasteiger partial charge in [-0.3, -0.25) is 9.80 Å². The summed E-state index contributed by atoms with van der Waals surface area (Å²) in [7, 11) is 0. The number of aryl methyl sites for hydroxylation is 1. The zero-order valence-electron chi connectivity index (χ0n) is 12.9. The molecule has 3 heterocycles. The number of anilines is 1. The average Bonchev–Trinajstić information content (AvgIpc) is 2.77. The molecule has 3 nitrogen and oxygen atoms in total. The minimum absolute atomic E-state index is 0.710. The second-order valence-corrected chi connectivity index (χ2v) is 6.91. The summed E-state index contributed by atoms with van der Waals surface area (Å²) in [5.74, 6) is 0. The molecule has 21 heavy (non-hydrogen) atoms. The average molecular weight is 285 g/mol. The molecule has 3 aliphatic rings. The highest BCUT2D eigenvalue weighted by Gasteiger charge is 2.32. The van der Waals surface area contributed by atoms with Crippen LogP contribution in [-0.4, -0.2) is 54.6 Å². The van der Waals surface area contributed by atoms with Gasteiger partial charge >= 0.3 is 0 Å². The number of nitrogens with one attached hydrogen (secondary N) is 1. The molecule has 2 fully saturated rings. The van der Waals surface area contributed by atoms with Gasteiger partial charge in [-0.15, -0.1) is 0 Å². The quantitative estimate of drug-likeness (QED) is 0.855. The fourth-order valence-corrected chi connectivity index (χ4v) is 4.39. The van der Waals surface area contributed by atoms with Crippen molar-refractivity contribution in [2.45, 2.75) is 44.2 Å². The van der Waals surface area contributed by atoms with Crippen LogP contribution in [0.3, 0.4) is 0 Å². The van der Waals surface area contributed by atoms with E-state index in [4.69, 9.17) is 0 Å². The van der Waals surface area contributed by atoms with Gasteiger partial charge in [-0.2, -0.15) is 0 Å². The molecule has 3 aliphatic heterocycles. The second kappa shape index (κ2) is 5.98. The van der Waals surface area contributed by atoms with Gasteiger partial charge in [0.2, 0.25) is 0 Å². The number of para-hydroxylation sites is 1. The first-order chi connectivity index (χ1) is 10.4. The van der Waals surface area contributed by atoms with Crippen LogP contribution >= 0.6 is 0 Å². The number of rotatable bonds is 1. The Morgan fingerprint density at radius 3 is 2.81 bits per heavy atom. The summed E-state index contributed by atoms with van der Waals surface area (Å²) in [6.45, 7) is 6.30. The maximum atomic E-state index is 3.69. The molecule has 114 valence electrons. The lowest BCUT2D eigenvalue weighted by Crippen LogP contribution is -2.58. The number of nitrogens with zero attached hydrogens (tertiary/aromatic N) is 2. The van der Waals surface area contributed by atoms with E-state index in [9.17, 15) is 0 Å². The first-order valence-electron chi connectivity index (χ1n) is 8.70. The van der Waals surface area contributed by atoms with Crippen molar-refractivity contribution in [3.8, 4) is 0 Å². The molecule has 1 aromatic carbocycles. The summed E-state index contributed by atoms with van der Waals surface area (Å²) in [6, 6.07) is 10.4. The SMILES string of the molecule is c1ccc2c(c1)CCC(N1CCN3CCCCC3C1)CN2. The van der Waals surface area contributed by atoms with Gasteiger partial charge in [0.05, 0.1) is 0 Å². The third-order valence-corrected chi connectivity index (χ3v) is 5.68. The van der Waals surface area contributed by atoms with Crippen molar-refractivity contribution in [3.05, 3.63) is 29.8 Å². The van der Waals surface area contributed by atoms with Gasteiger partial charge in [0, 0.05) is 44.0 Å². The van der Waals surface area contributed by atoms with Gasteiger partial charge in [0.25, 0.3) is 0 Å². The summed E-state index contributed by atoms with van der Waals surface area (Å²) in [5.41, 5.74) is 2.85. The summed E-state index contributed by atoms with van der Waals surface area (Å²) in [6.07, 6.45) is 6.78. The molecule has 4 rings (SSSR count). The Bertz CT molecular complexity index is 460. The molecule has 0 aliphatic carbocycles. The minimum atomic E-state index is 0.710. The van der Waals surface area contributed by atoms with Crippen molar-refractivity contribution >= 4 is 5.69 Å². The zero-order chi connectivity index (χ0) is 14.1. The molecule has 1 N–H and O–H groups in total. The summed E-state index contributed by atoms with van der Waals surface area (Å²) >= 11 is 0. The fraction of sp³-hybridized carbons (Fsp3) is 0.667. The van der Waals surface area contributed by atoms with Crippen LogP contribution in [0.1, 0.15) is 31.2 Å². The van der Waals surface area contributed by atoms with Crippen molar-refractivity contribution in [1.82, 2.24) is 9.80 Å². The highest BCUT2D eigenvalue weighted by molar-refractivity contribution is 5.52. The molecule has 0 saturated carbocycles. The summed E-state index contributed by atoms with van der Waals surface area (Å²) in [4.78, 5) is 5.50. The van der Waals surface area contributed by atoms with Gasteiger partial charge in [0.1, 0.15) is 0 Å². The van der Waals surface area contributed by atoms with Crippen LogP contribution in [0.25, 0.3) is 0 Å². The zero-order valence-corrected chi connectivity index (χ0v) is 12.9. The van der Waals surface area contributed by atoms with E-state index in [2.05, 4.69) is 39.4 Å². The van der Waals surface area contributed by atoms with Crippen LogP contribution in [0.5, 0.6) is 0 Å². The first kappa shape index (κ1) is 13.6. The number of hydrogen-bond acceptors (Lipinski definition) is 3. The number of piperazine rings is 1. The third-order valence-electron chi connectivity index (χ3n) is 5.68. The third kappa shape index (κ3) is 2.82. The lowest BCUT2D eigenvalue weighted by Gasteiger charge is -2.46. The predicted octanol–water partition coefficient (Wildman–Crippen LogP) is 2.58. The topological polar surface area (TPSA) is 18.5 Å². The minimum Gasteiger partial charge on any atom is -0.383 e. The molecule has 2 unspecified atom stereocenters. The van der Waals surface area contributed by atoms with Gasteiger partial charge in [0.15, 0.2) is 0 Å². The molecular weight excluding hydrogens is 258 g/mol. The Morgan fingerprint density at radius 1 is 0.905 bits per heavy atom. The Hall–Kier alpha value is -1.06. The van der Waals surface area contributed by atoms with E-state index in [-0.39, 0.29) is 0 Å². The molecule has 2 atom stereocenters. The van der Waals surface area contributed by atoms with Gasteiger partial charge < -0.3 is 5.32 Å². The van der Waals surface area contributed by atoms with E-state index < -0.39 is 0 Å². The molecule has 0 aromatic heterocycles. The van der Waals surface area contributed by atoms with E-state index in [0.717, 1.165) is 12.6 Å². The molecule has 0 spiro atoms. The Labute approximate surface area is 128 Å². The van der Waals surface area contributed by atoms with E-state index in [1.165, 1.54) is 69.5 Å². The maximum absolute atomic E-state index is 3.69. The second-order valence-electron chi connectivity index (χ2n) is 6.91. The van der Waals surface area contributed by atoms with Crippen molar-refractivity contribution in [1.29, 1.82) is 0 Å². The van der Waals surface area contributed by atoms with Crippen LogP contribution in [0.4, 0.5) is 5.69 Å². The molecule has 2 saturated heterocycles. The Morgan fingerprint density at radius 2 is 1.81 bits per heavy atom. The van der Waals surface area contributed by atoms with E-state index in [0.29, 0.717) is 6.04 Å². The molecule has 0 radical (unpaired) electrons. The number of hydrogen-bond donors (Lipinski definition) is 1. The Balaban J connectivity index is 1.41. The van der Waals surface area contributed by atoms with Crippen molar-refractivity contribution in [2.24, 2.45) is 0 Å². The summed E-state index contributed by atoms with van der Waals surface area (Å²) < 4.78 is 0. The number of fused-ring (bicyclic) bond motifs is 2. The Kier molecular flexibility index (Phi) is 3.87. The van der Waals surface area contributed by atoms with Crippen LogP contribution in [0.15, 0.2) is 24.3 Å². The molecular formula is C18H27N3. The molecule has 0 amide bonds. The smallest absolute Gasteiger partial charge is 0.0373 e. The monoisotopic (exact) mass is 285 g/mol. The normalized spacial score (nSPS) is 30.9. The predicted molar refractivity (Wildman–Crippen MR) is 87.8 cm³/mol. The van der Waals surface area contributed by atoms with E-state index in [1.54, 1.807) is 0 Å². The van der Waals surface area contributed by atoms with Gasteiger partial charge in [-0.05, 0) is 43.9 Å². The standard InChI is InChI=1S/C18H27N3/c1-2-7-18-15(5-1)8-9-16(13-19-18)21-12-11-20-10-4-3-6-17(20)14-21/h1-2,5,7,16-17,19H,3-4,6,8-14H2. The van der Waals surface area contributed by atoms with Crippen molar-refractivity contribution in [3.63, 3.8) is 0 Å². The van der Waals surface area contributed by atoms with E-state index in [1.807, 2.05) is 0 Å². The lowest BCUT2D eigenvalue weighted by atomic mass is 9.97. The summed E-state index contributed by atoms with van der Waals surface area (Å²) in [5, 5.41) is 3.69. The fourth-order valence-electron chi connectivity index (χ4n) is 4.39. The maximum Gasteiger partial charge on any atom is 0.0373 e. The first-order valence-corrected chi connectivity index (χ1v) is 8.70. The van der Waals surface area contributed by atoms with Crippen LogP contribution in [0.2, 0.25) is 0 Å². The molecule has 0 bridgehead atoms. The number of piperidine rings is 1. The number of benzene rings is 1. The highest BCUT2D eigenvalue weighted by atomic mass is 15.3. The van der Waals surface area contributed by atoms with E-state index >= 15 is 0 Å². The molecule has 1 aromatic rings.